The van der Waals surface area contributed by atoms with Gasteiger partial charge in [-0.25, -0.2) is 4.39 Å². The Morgan fingerprint density at radius 1 is 0.750 bits per heavy atom. The molecule has 24 heavy (non-hydrogen) atoms. The summed E-state index contributed by atoms with van der Waals surface area (Å²) in [7, 11) is -0.180. The van der Waals surface area contributed by atoms with Crippen LogP contribution in [0.25, 0.3) is 22.3 Å². The van der Waals surface area contributed by atoms with E-state index in [4.69, 9.17) is 14.8 Å². The molecule has 0 saturated heterocycles. The summed E-state index contributed by atoms with van der Waals surface area (Å²) >= 11 is 0. The normalized spacial score (nSPS) is 10.5. The zero-order valence-corrected chi connectivity index (χ0v) is 13.1. The highest BCUT2D eigenvalue weighted by Crippen LogP contribution is 2.26. The summed E-state index contributed by atoms with van der Waals surface area (Å²) in [5.41, 5.74) is 3.51. The van der Waals surface area contributed by atoms with Crippen LogP contribution in [0.15, 0.2) is 66.7 Å². The van der Waals surface area contributed by atoms with E-state index in [0.717, 1.165) is 22.4 Å². The zero-order chi connectivity index (χ0) is 17.1. The van der Waals surface area contributed by atoms with E-state index in [-0.39, 0.29) is 5.46 Å². The number of benzene rings is 3. The van der Waals surface area contributed by atoms with Crippen LogP contribution in [0.2, 0.25) is 0 Å². The Morgan fingerprint density at radius 3 is 1.67 bits per heavy atom. The first-order valence-electron chi connectivity index (χ1n) is 7.49. The summed E-state index contributed by atoms with van der Waals surface area (Å²) in [6.45, 7) is 0. The van der Waals surface area contributed by atoms with Crippen molar-refractivity contribution in [1.82, 2.24) is 0 Å². The monoisotopic (exact) mass is 322 g/mol. The maximum atomic E-state index is 13.9. The molecule has 0 radical (unpaired) electrons. The number of halogens is 1. The van der Waals surface area contributed by atoms with Gasteiger partial charge >= 0.3 is 7.12 Å². The Bertz CT molecular complexity index is 830. The number of ether oxygens (including phenoxy) is 1. The Kier molecular flexibility index (Phi) is 4.65. The average Bonchev–Trinajstić information content (AvgIpc) is 2.61. The molecule has 3 rings (SSSR count). The molecule has 0 unspecified atom stereocenters. The molecule has 0 aliphatic carbocycles. The Morgan fingerprint density at radius 2 is 1.21 bits per heavy atom. The summed E-state index contributed by atoms with van der Waals surface area (Å²) in [6.07, 6.45) is 0. The Hall–Kier alpha value is -2.63. The minimum absolute atomic E-state index is 0.131. The van der Waals surface area contributed by atoms with Crippen LogP contribution < -0.4 is 10.2 Å². The van der Waals surface area contributed by atoms with Crippen molar-refractivity contribution >= 4 is 12.6 Å². The molecule has 120 valence electrons. The van der Waals surface area contributed by atoms with Crippen molar-refractivity contribution in [3.05, 3.63) is 72.5 Å². The van der Waals surface area contributed by atoms with Gasteiger partial charge in [-0.1, -0.05) is 48.5 Å². The van der Waals surface area contributed by atoms with Crippen LogP contribution in [0.3, 0.4) is 0 Å². The van der Waals surface area contributed by atoms with Gasteiger partial charge in [0.15, 0.2) is 0 Å². The van der Waals surface area contributed by atoms with Crippen molar-refractivity contribution in [2.75, 3.05) is 7.11 Å². The lowest BCUT2D eigenvalue weighted by atomic mass is 9.79. The third-order valence-corrected chi connectivity index (χ3v) is 3.92. The van der Waals surface area contributed by atoms with E-state index >= 15 is 0 Å². The first-order chi connectivity index (χ1) is 11.6. The minimum atomic E-state index is -1.81. The van der Waals surface area contributed by atoms with Gasteiger partial charge < -0.3 is 14.8 Å². The van der Waals surface area contributed by atoms with E-state index in [1.807, 2.05) is 48.5 Å². The summed E-state index contributed by atoms with van der Waals surface area (Å²) < 4.78 is 19.0. The van der Waals surface area contributed by atoms with Gasteiger partial charge in [0.2, 0.25) is 0 Å². The number of hydrogen-bond acceptors (Lipinski definition) is 3. The van der Waals surface area contributed by atoms with Gasteiger partial charge in [0.1, 0.15) is 11.6 Å². The molecule has 0 aliphatic rings. The predicted octanol–water partition coefficient (Wildman–Crippen LogP) is 2.85. The van der Waals surface area contributed by atoms with Crippen molar-refractivity contribution in [3.63, 3.8) is 0 Å². The molecule has 3 aromatic carbocycles. The first kappa shape index (κ1) is 16.2. The topological polar surface area (TPSA) is 49.7 Å². The van der Waals surface area contributed by atoms with Crippen molar-refractivity contribution < 1.29 is 19.2 Å². The van der Waals surface area contributed by atoms with Crippen molar-refractivity contribution in [2.45, 2.75) is 0 Å². The summed E-state index contributed by atoms with van der Waals surface area (Å²) in [4.78, 5) is 0. The van der Waals surface area contributed by atoms with Gasteiger partial charge in [0.25, 0.3) is 0 Å². The molecule has 2 N–H and O–H groups in total. The van der Waals surface area contributed by atoms with Crippen LogP contribution in [-0.4, -0.2) is 24.3 Å². The quantitative estimate of drug-likeness (QED) is 0.726. The van der Waals surface area contributed by atoms with E-state index in [1.54, 1.807) is 13.2 Å². The molecule has 3 nitrogen and oxygen atoms in total. The third kappa shape index (κ3) is 3.32. The van der Waals surface area contributed by atoms with Gasteiger partial charge in [0, 0.05) is 5.46 Å². The fourth-order valence-corrected chi connectivity index (χ4v) is 2.55. The molecular formula is C19H16BFO3. The van der Waals surface area contributed by atoms with Crippen molar-refractivity contribution in [1.29, 1.82) is 0 Å². The average molecular weight is 322 g/mol. The lowest BCUT2D eigenvalue weighted by molar-refractivity contribution is 0.415. The molecular weight excluding hydrogens is 306 g/mol. The van der Waals surface area contributed by atoms with Gasteiger partial charge in [-0.2, -0.15) is 0 Å². The Labute approximate surface area is 140 Å². The minimum Gasteiger partial charge on any atom is -0.497 e. The zero-order valence-electron chi connectivity index (χ0n) is 13.1. The molecule has 0 fully saturated rings. The highest BCUT2D eigenvalue weighted by molar-refractivity contribution is 6.58. The van der Waals surface area contributed by atoms with Gasteiger partial charge in [0.05, 0.1) is 7.11 Å². The van der Waals surface area contributed by atoms with Crippen LogP contribution in [0.1, 0.15) is 0 Å². The highest BCUT2D eigenvalue weighted by atomic mass is 19.1. The molecule has 0 saturated carbocycles. The largest absolute Gasteiger partial charge is 0.497 e. The SMILES string of the molecule is COc1ccc(-c2ccc(-c3ccc(B(O)O)c(F)c3)cc2)cc1. The van der Waals surface area contributed by atoms with Crippen LogP contribution >= 0.6 is 0 Å². The summed E-state index contributed by atoms with van der Waals surface area (Å²) in [5, 5.41) is 18.1. The Balaban J connectivity index is 1.87. The van der Waals surface area contributed by atoms with E-state index in [9.17, 15) is 4.39 Å². The van der Waals surface area contributed by atoms with Gasteiger partial charge in [-0.15, -0.1) is 0 Å². The van der Waals surface area contributed by atoms with Crippen LogP contribution in [0.4, 0.5) is 4.39 Å². The van der Waals surface area contributed by atoms with Crippen LogP contribution in [-0.2, 0) is 0 Å². The smallest absolute Gasteiger partial charge is 0.491 e. The van der Waals surface area contributed by atoms with Crippen LogP contribution in [0.5, 0.6) is 5.75 Å². The van der Waals surface area contributed by atoms with E-state index in [2.05, 4.69) is 0 Å². The fraction of sp³-hybridized carbons (Fsp3) is 0.0526. The molecule has 0 aliphatic heterocycles. The second kappa shape index (κ2) is 6.87. The number of methoxy groups -OCH3 is 1. The van der Waals surface area contributed by atoms with Crippen molar-refractivity contribution in [2.24, 2.45) is 0 Å². The van der Waals surface area contributed by atoms with Crippen LogP contribution in [0, 0.1) is 5.82 Å². The first-order valence-corrected chi connectivity index (χ1v) is 7.49. The fourth-order valence-electron chi connectivity index (χ4n) is 2.55. The lowest BCUT2D eigenvalue weighted by Crippen LogP contribution is -2.32. The standard InChI is InChI=1S/C19H16BFO3/c1-24-17-9-6-14(7-10-17)13-2-4-15(5-3-13)16-8-11-18(20(22)23)19(21)12-16/h2-12,22-23H,1H3. The van der Waals surface area contributed by atoms with Crippen molar-refractivity contribution in [3.8, 4) is 28.0 Å². The molecule has 0 amide bonds. The molecule has 0 bridgehead atoms. The second-order valence-corrected chi connectivity index (χ2v) is 5.42. The van der Waals surface area contributed by atoms with E-state index in [0.29, 0.717) is 5.56 Å². The third-order valence-electron chi connectivity index (χ3n) is 3.92. The number of rotatable bonds is 4. The lowest BCUT2D eigenvalue weighted by Gasteiger charge is -2.08. The number of hydrogen-bond donors (Lipinski definition) is 2. The maximum absolute atomic E-state index is 13.9. The molecule has 0 spiro atoms. The molecule has 3 aromatic rings. The maximum Gasteiger partial charge on any atom is 0.491 e. The van der Waals surface area contributed by atoms with Gasteiger partial charge in [-0.3, -0.25) is 0 Å². The summed E-state index contributed by atoms with van der Waals surface area (Å²) in [6, 6.07) is 19.8. The highest BCUT2D eigenvalue weighted by Gasteiger charge is 2.16. The molecule has 0 aromatic heterocycles. The van der Waals surface area contributed by atoms with Gasteiger partial charge in [-0.05, 0) is 40.5 Å². The van der Waals surface area contributed by atoms with E-state index < -0.39 is 12.9 Å². The second-order valence-electron chi connectivity index (χ2n) is 5.42. The molecule has 5 heteroatoms. The molecule has 0 heterocycles. The summed E-state index contributed by atoms with van der Waals surface area (Å²) in [5.74, 6) is 0.165. The van der Waals surface area contributed by atoms with E-state index in [1.165, 1.54) is 12.1 Å². The molecule has 0 atom stereocenters. The predicted molar refractivity (Wildman–Crippen MR) is 93.6 cm³/mol.